The molecule has 1 saturated carbocycles. The first kappa shape index (κ1) is 16.3. The van der Waals surface area contributed by atoms with E-state index in [9.17, 15) is 4.79 Å². The number of benzene rings is 1. The molecule has 4 heteroatoms. The Morgan fingerprint density at radius 1 is 1.04 bits per heavy atom. The second-order valence-electron chi connectivity index (χ2n) is 6.81. The van der Waals surface area contributed by atoms with Gasteiger partial charge in [-0.2, -0.15) is 0 Å². The number of nitrogens with one attached hydrogen (secondary N) is 1. The van der Waals surface area contributed by atoms with Crippen LogP contribution in [0.3, 0.4) is 0 Å². The molecule has 23 heavy (non-hydrogen) atoms. The Labute approximate surface area is 139 Å². The fourth-order valence-corrected chi connectivity index (χ4v) is 3.80. The van der Waals surface area contributed by atoms with Crippen molar-refractivity contribution in [2.75, 3.05) is 13.1 Å². The van der Waals surface area contributed by atoms with Crippen LogP contribution in [0.25, 0.3) is 0 Å². The molecule has 1 amide bonds. The third kappa shape index (κ3) is 4.96. The standard InChI is InChI=1S/C19H28N2O2/c22-19(23-15-16-7-3-1-4-8-16)20-17-9-11-18(12-10-17)21-13-5-2-6-14-21/h1,3-4,7-8,17-18H,2,5-6,9-15H2,(H,20,22). The monoisotopic (exact) mass is 316 g/mol. The molecule has 0 radical (unpaired) electrons. The Morgan fingerprint density at radius 3 is 2.43 bits per heavy atom. The first-order chi connectivity index (χ1) is 11.3. The van der Waals surface area contributed by atoms with E-state index < -0.39 is 0 Å². The lowest BCUT2D eigenvalue weighted by Gasteiger charge is -2.38. The van der Waals surface area contributed by atoms with Gasteiger partial charge in [-0.25, -0.2) is 4.79 Å². The van der Waals surface area contributed by atoms with Gasteiger partial charge in [0.1, 0.15) is 6.61 Å². The zero-order valence-corrected chi connectivity index (χ0v) is 13.9. The van der Waals surface area contributed by atoms with Crippen LogP contribution >= 0.6 is 0 Å². The highest BCUT2D eigenvalue weighted by Crippen LogP contribution is 2.25. The number of alkyl carbamates (subject to hydrolysis) is 1. The summed E-state index contributed by atoms with van der Waals surface area (Å²) in [5.41, 5.74) is 1.02. The third-order valence-electron chi connectivity index (χ3n) is 5.14. The van der Waals surface area contributed by atoms with Crippen LogP contribution in [0.2, 0.25) is 0 Å². The number of carbonyl (C=O) groups excluding carboxylic acids is 1. The smallest absolute Gasteiger partial charge is 0.407 e. The van der Waals surface area contributed by atoms with Crippen LogP contribution < -0.4 is 5.32 Å². The summed E-state index contributed by atoms with van der Waals surface area (Å²) in [5.74, 6) is 0. The molecule has 1 saturated heterocycles. The molecule has 4 nitrogen and oxygen atoms in total. The molecule has 0 aromatic heterocycles. The molecule has 1 aromatic rings. The first-order valence-corrected chi connectivity index (χ1v) is 9.02. The highest BCUT2D eigenvalue weighted by Gasteiger charge is 2.27. The van der Waals surface area contributed by atoms with E-state index in [0.29, 0.717) is 6.61 Å². The fraction of sp³-hybridized carbons (Fsp3) is 0.632. The Hall–Kier alpha value is -1.55. The summed E-state index contributed by atoms with van der Waals surface area (Å²) in [6.07, 6.45) is 8.35. The normalized spacial score (nSPS) is 25.7. The fourth-order valence-electron chi connectivity index (χ4n) is 3.80. The molecule has 2 fully saturated rings. The van der Waals surface area contributed by atoms with Crippen molar-refractivity contribution in [3.05, 3.63) is 35.9 Å². The van der Waals surface area contributed by atoms with E-state index in [-0.39, 0.29) is 12.1 Å². The Balaban J connectivity index is 1.35. The minimum Gasteiger partial charge on any atom is -0.445 e. The minimum absolute atomic E-state index is 0.277. The summed E-state index contributed by atoms with van der Waals surface area (Å²) in [6.45, 7) is 2.87. The largest absolute Gasteiger partial charge is 0.445 e. The van der Waals surface area contributed by atoms with Crippen molar-refractivity contribution in [2.24, 2.45) is 0 Å². The number of piperidine rings is 1. The van der Waals surface area contributed by atoms with Crippen LogP contribution in [0.1, 0.15) is 50.5 Å². The van der Waals surface area contributed by atoms with E-state index in [1.807, 2.05) is 30.3 Å². The van der Waals surface area contributed by atoms with Crippen molar-refractivity contribution >= 4 is 6.09 Å². The first-order valence-electron chi connectivity index (χ1n) is 9.02. The van der Waals surface area contributed by atoms with Gasteiger partial charge >= 0.3 is 6.09 Å². The summed E-state index contributed by atoms with van der Waals surface area (Å²) in [4.78, 5) is 14.6. The molecule has 0 unspecified atom stereocenters. The number of amides is 1. The molecule has 0 bridgehead atoms. The third-order valence-corrected chi connectivity index (χ3v) is 5.14. The Morgan fingerprint density at radius 2 is 1.74 bits per heavy atom. The molecule has 1 aromatic carbocycles. The van der Waals surface area contributed by atoms with Crippen molar-refractivity contribution in [1.82, 2.24) is 10.2 Å². The van der Waals surface area contributed by atoms with Crippen molar-refractivity contribution in [2.45, 2.75) is 63.6 Å². The Bertz CT molecular complexity index is 477. The molecule has 1 aliphatic heterocycles. The van der Waals surface area contributed by atoms with Crippen molar-refractivity contribution < 1.29 is 9.53 Å². The molecular formula is C19H28N2O2. The molecule has 1 heterocycles. The molecule has 0 atom stereocenters. The highest BCUT2D eigenvalue weighted by molar-refractivity contribution is 5.67. The van der Waals surface area contributed by atoms with Gasteiger partial charge in [-0.1, -0.05) is 36.8 Å². The van der Waals surface area contributed by atoms with E-state index in [1.165, 1.54) is 45.2 Å². The SMILES string of the molecule is O=C(NC1CCC(N2CCCCC2)CC1)OCc1ccccc1. The van der Waals surface area contributed by atoms with Crippen molar-refractivity contribution in [3.63, 3.8) is 0 Å². The topological polar surface area (TPSA) is 41.6 Å². The van der Waals surface area contributed by atoms with Crippen molar-refractivity contribution in [1.29, 1.82) is 0 Å². The number of likely N-dealkylation sites (tertiary alicyclic amines) is 1. The minimum atomic E-state index is -0.282. The second-order valence-corrected chi connectivity index (χ2v) is 6.81. The van der Waals surface area contributed by atoms with Crippen LogP contribution in [0.5, 0.6) is 0 Å². The summed E-state index contributed by atoms with van der Waals surface area (Å²) in [5, 5.41) is 3.03. The van der Waals surface area contributed by atoms with Crippen LogP contribution in [-0.2, 0) is 11.3 Å². The quantitative estimate of drug-likeness (QED) is 0.920. The van der Waals surface area contributed by atoms with Gasteiger partial charge in [0.2, 0.25) is 0 Å². The van der Waals surface area contributed by atoms with Gasteiger partial charge < -0.3 is 15.0 Å². The highest BCUT2D eigenvalue weighted by atomic mass is 16.5. The second kappa shape index (κ2) is 8.34. The predicted molar refractivity (Wildman–Crippen MR) is 91.2 cm³/mol. The van der Waals surface area contributed by atoms with E-state index in [0.717, 1.165) is 24.4 Å². The van der Waals surface area contributed by atoms with Gasteiger partial charge in [-0.15, -0.1) is 0 Å². The summed E-state index contributed by atoms with van der Waals surface area (Å²) in [6, 6.07) is 10.8. The van der Waals surface area contributed by atoms with E-state index >= 15 is 0 Å². The van der Waals surface area contributed by atoms with E-state index in [2.05, 4.69) is 10.2 Å². The number of hydrogen-bond acceptors (Lipinski definition) is 3. The van der Waals surface area contributed by atoms with E-state index in [1.54, 1.807) is 0 Å². The predicted octanol–water partition coefficient (Wildman–Crippen LogP) is 3.71. The molecule has 3 rings (SSSR count). The Kier molecular flexibility index (Phi) is 5.92. The number of carbonyl (C=O) groups is 1. The zero-order valence-electron chi connectivity index (χ0n) is 13.9. The molecule has 1 N–H and O–H groups in total. The van der Waals surface area contributed by atoms with Crippen LogP contribution in [-0.4, -0.2) is 36.2 Å². The molecular weight excluding hydrogens is 288 g/mol. The maximum absolute atomic E-state index is 11.9. The molecule has 0 spiro atoms. The van der Waals surface area contributed by atoms with Gasteiger partial charge in [0, 0.05) is 12.1 Å². The lowest BCUT2D eigenvalue weighted by molar-refractivity contribution is 0.109. The number of rotatable bonds is 4. The summed E-state index contributed by atoms with van der Waals surface area (Å²) < 4.78 is 5.31. The summed E-state index contributed by atoms with van der Waals surface area (Å²) in [7, 11) is 0. The van der Waals surface area contributed by atoms with Crippen LogP contribution in [0, 0.1) is 0 Å². The maximum atomic E-state index is 11.9. The lowest BCUT2D eigenvalue weighted by Crippen LogP contribution is -2.45. The van der Waals surface area contributed by atoms with Gasteiger partial charge in [0.15, 0.2) is 0 Å². The summed E-state index contributed by atoms with van der Waals surface area (Å²) >= 11 is 0. The van der Waals surface area contributed by atoms with Gasteiger partial charge in [-0.05, 0) is 57.2 Å². The van der Waals surface area contributed by atoms with Gasteiger partial charge in [0.25, 0.3) is 0 Å². The van der Waals surface area contributed by atoms with Crippen LogP contribution in [0.4, 0.5) is 4.79 Å². The average Bonchev–Trinajstić information content (AvgIpc) is 2.62. The average molecular weight is 316 g/mol. The lowest BCUT2D eigenvalue weighted by atomic mass is 9.89. The van der Waals surface area contributed by atoms with E-state index in [4.69, 9.17) is 4.74 Å². The maximum Gasteiger partial charge on any atom is 0.407 e. The molecule has 2 aliphatic rings. The zero-order chi connectivity index (χ0) is 15.9. The van der Waals surface area contributed by atoms with Crippen LogP contribution in [0.15, 0.2) is 30.3 Å². The molecule has 1 aliphatic carbocycles. The number of ether oxygens (including phenoxy) is 1. The number of nitrogens with zero attached hydrogens (tertiary/aromatic N) is 1. The van der Waals surface area contributed by atoms with Gasteiger partial charge in [0.05, 0.1) is 0 Å². The number of hydrogen-bond donors (Lipinski definition) is 1. The van der Waals surface area contributed by atoms with Gasteiger partial charge in [-0.3, -0.25) is 0 Å². The molecule has 126 valence electrons. The van der Waals surface area contributed by atoms with Crippen molar-refractivity contribution in [3.8, 4) is 0 Å².